The highest BCUT2D eigenvalue weighted by atomic mass is 35.5. The second-order valence-electron chi connectivity index (χ2n) is 5.65. The molecule has 0 aliphatic heterocycles. The van der Waals surface area contributed by atoms with Gasteiger partial charge < -0.3 is 11.1 Å². The van der Waals surface area contributed by atoms with Gasteiger partial charge in [0.05, 0.1) is 20.3 Å². The fraction of sp³-hybridized carbons (Fsp3) is 0.188. The van der Waals surface area contributed by atoms with Gasteiger partial charge in [0, 0.05) is 23.4 Å². The van der Waals surface area contributed by atoms with Gasteiger partial charge in [0.2, 0.25) is 5.91 Å². The third-order valence-corrected chi connectivity index (χ3v) is 5.46. The van der Waals surface area contributed by atoms with Crippen molar-refractivity contribution in [3.8, 4) is 10.6 Å². The van der Waals surface area contributed by atoms with E-state index in [2.05, 4.69) is 15.3 Å². The number of nitrogens with zero attached hydrogens (tertiary/aromatic N) is 2. The molecule has 2 aromatic heterocycles. The molecule has 0 saturated heterocycles. The van der Waals surface area contributed by atoms with Crippen LogP contribution in [0, 0.1) is 5.92 Å². The van der Waals surface area contributed by atoms with Gasteiger partial charge in [-0.2, -0.15) is 0 Å². The summed E-state index contributed by atoms with van der Waals surface area (Å²) >= 11 is 14.0. The summed E-state index contributed by atoms with van der Waals surface area (Å²) in [6.07, 6.45) is 3.50. The van der Waals surface area contributed by atoms with E-state index < -0.39 is 0 Å². The number of carbonyl (C=O) groups excluding carboxylic acids is 1. The predicted molar refractivity (Wildman–Crippen MR) is 106 cm³/mol. The Morgan fingerprint density at radius 2 is 1.96 bits per heavy atom. The highest BCUT2D eigenvalue weighted by molar-refractivity contribution is 7.22. The minimum absolute atomic E-state index is 0. The van der Waals surface area contributed by atoms with E-state index >= 15 is 0 Å². The molecule has 3 aromatic rings. The third-order valence-electron chi connectivity index (χ3n) is 3.77. The smallest absolute Gasteiger partial charge is 0.228 e. The summed E-state index contributed by atoms with van der Waals surface area (Å²) in [6.45, 7) is 0. The van der Waals surface area contributed by atoms with E-state index in [0.717, 1.165) is 23.1 Å². The summed E-state index contributed by atoms with van der Waals surface area (Å²) in [7, 11) is 0. The van der Waals surface area contributed by atoms with Gasteiger partial charge in [-0.1, -0.05) is 23.2 Å². The minimum Gasteiger partial charge on any atom is -0.399 e. The molecule has 4 rings (SSSR count). The van der Waals surface area contributed by atoms with Crippen molar-refractivity contribution < 1.29 is 4.79 Å². The monoisotopic (exact) mass is 414 g/mol. The van der Waals surface area contributed by atoms with Crippen LogP contribution in [-0.2, 0) is 4.79 Å². The Bertz CT molecular complexity index is 948. The Morgan fingerprint density at radius 3 is 2.60 bits per heavy atom. The zero-order valence-electron chi connectivity index (χ0n) is 12.8. The molecule has 1 aliphatic rings. The first-order valence-electron chi connectivity index (χ1n) is 7.34. The SMILES string of the molecule is Cl.Nc1cc(Cl)c(-c2nc3ccnc(NC(=O)C4CC4)c3s2)c(Cl)c1. The number of carbonyl (C=O) groups is 1. The highest BCUT2D eigenvalue weighted by Gasteiger charge is 2.30. The van der Waals surface area contributed by atoms with Crippen molar-refractivity contribution in [3.63, 3.8) is 0 Å². The highest BCUT2D eigenvalue weighted by Crippen LogP contribution is 2.41. The van der Waals surface area contributed by atoms with Gasteiger partial charge in [0.25, 0.3) is 0 Å². The number of halogens is 3. The first kappa shape index (κ1) is 18.2. The van der Waals surface area contributed by atoms with Crippen LogP contribution in [-0.4, -0.2) is 15.9 Å². The van der Waals surface area contributed by atoms with E-state index in [-0.39, 0.29) is 24.2 Å². The lowest BCUT2D eigenvalue weighted by molar-refractivity contribution is -0.117. The molecule has 3 N–H and O–H groups in total. The van der Waals surface area contributed by atoms with Crippen LogP contribution in [0.4, 0.5) is 11.5 Å². The molecule has 0 spiro atoms. The number of nitrogens with two attached hydrogens (primary N) is 1. The first-order chi connectivity index (χ1) is 11.5. The topological polar surface area (TPSA) is 80.9 Å². The standard InChI is InChI=1S/C16H12Cl2N4OS.ClH/c17-9-5-8(19)6-10(18)12(9)16-21-11-3-4-20-14(13(11)24-16)22-15(23)7-1-2-7;/h3-7H,1-2,19H2,(H,20,22,23);1H. The lowest BCUT2D eigenvalue weighted by Gasteiger charge is -2.05. The maximum Gasteiger partial charge on any atom is 0.228 e. The van der Waals surface area contributed by atoms with Crippen molar-refractivity contribution in [1.29, 1.82) is 0 Å². The molecular weight excluding hydrogens is 403 g/mol. The summed E-state index contributed by atoms with van der Waals surface area (Å²) in [4.78, 5) is 20.9. The normalized spacial score (nSPS) is 13.5. The molecular formula is C16H13Cl3N4OS. The van der Waals surface area contributed by atoms with Gasteiger partial charge in [0.1, 0.15) is 5.01 Å². The quantitative estimate of drug-likeness (QED) is 0.589. The Kier molecular flexibility index (Phi) is 5.06. The Balaban J connectivity index is 0.00000182. The fourth-order valence-electron chi connectivity index (χ4n) is 2.41. The lowest BCUT2D eigenvalue weighted by Crippen LogP contribution is -2.14. The number of benzene rings is 1. The summed E-state index contributed by atoms with van der Waals surface area (Å²) < 4.78 is 0.797. The van der Waals surface area contributed by atoms with E-state index in [1.54, 1.807) is 24.4 Å². The number of nitrogen functional groups attached to an aromatic ring is 1. The van der Waals surface area contributed by atoms with E-state index in [1.165, 1.54) is 11.3 Å². The maximum atomic E-state index is 12.0. The molecule has 1 fully saturated rings. The lowest BCUT2D eigenvalue weighted by atomic mass is 10.2. The molecule has 1 aromatic carbocycles. The van der Waals surface area contributed by atoms with Crippen LogP contribution in [0.15, 0.2) is 24.4 Å². The number of hydrogen-bond acceptors (Lipinski definition) is 5. The van der Waals surface area contributed by atoms with E-state index in [4.69, 9.17) is 28.9 Å². The Labute approximate surface area is 164 Å². The van der Waals surface area contributed by atoms with Crippen molar-refractivity contribution in [2.24, 2.45) is 5.92 Å². The number of aromatic nitrogens is 2. The van der Waals surface area contributed by atoms with Gasteiger partial charge >= 0.3 is 0 Å². The molecule has 1 saturated carbocycles. The molecule has 9 heteroatoms. The second-order valence-corrected chi connectivity index (χ2v) is 7.46. The van der Waals surface area contributed by atoms with Crippen LogP contribution in [0.2, 0.25) is 10.0 Å². The molecule has 5 nitrogen and oxygen atoms in total. The van der Waals surface area contributed by atoms with Crippen molar-refractivity contribution in [3.05, 3.63) is 34.4 Å². The van der Waals surface area contributed by atoms with Crippen molar-refractivity contribution in [2.75, 3.05) is 11.1 Å². The predicted octanol–water partition coefficient (Wildman–Crippen LogP) is 5.02. The zero-order chi connectivity index (χ0) is 16.8. The molecule has 25 heavy (non-hydrogen) atoms. The van der Waals surface area contributed by atoms with E-state index in [1.807, 2.05) is 0 Å². The summed E-state index contributed by atoms with van der Waals surface area (Å²) in [5, 5.41) is 4.43. The third kappa shape index (κ3) is 3.53. The number of rotatable bonds is 3. The average molecular weight is 416 g/mol. The zero-order valence-corrected chi connectivity index (χ0v) is 15.9. The first-order valence-corrected chi connectivity index (χ1v) is 8.91. The van der Waals surface area contributed by atoms with Crippen molar-refractivity contribution in [1.82, 2.24) is 9.97 Å². The fourth-order valence-corrected chi connectivity index (χ4v) is 4.29. The minimum atomic E-state index is 0. The van der Waals surface area contributed by atoms with Crippen LogP contribution in [0.5, 0.6) is 0 Å². The van der Waals surface area contributed by atoms with Gasteiger partial charge in [-0.15, -0.1) is 23.7 Å². The molecule has 0 unspecified atom stereocenters. The molecule has 1 aliphatic carbocycles. The van der Waals surface area contributed by atoms with Crippen LogP contribution in [0.3, 0.4) is 0 Å². The van der Waals surface area contributed by atoms with Crippen LogP contribution >= 0.6 is 46.9 Å². The summed E-state index contributed by atoms with van der Waals surface area (Å²) in [5.41, 5.74) is 7.61. The van der Waals surface area contributed by atoms with Crippen LogP contribution < -0.4 is 11.1 Å². The number of pyridine rings is 1. The number of nitrogens with one attached hydrogen (secondary N) is 1. The Morgan fingerprint density at radius 1 is 1.28 bits per heavy atom. The Hall–Kier alpha value is -1.60. The maximum absolute atomic E-state index is 12.0. The van der Waals surface area contributed by atoms with E-state index in [0.29, 0.717) is 32.1 Å². The largest absolute Gasteiger partial charge is 0.399 e. The van der Waals surface area contributed by atoms with Crippen molar-refractivity contribution in [2.45, 2.75) is 12.8 Å². The van der Waals surface area contributed by atoms with Crippen molar-refractivity contribution >= 4 is 74.6 Å². The molecule has 0 bridgehead atoms. The van der Waals surface area contributed by atoms with Gasteiger partial charge in [-0.25, -0.2) is 9.97 Å². The molecule has 2 heterocycles. The number of amides is 1. The number of hydrogen-bond donors (Lipinski definition) is 2. The average Bonchev–Trinajstić information content (AvgIpc) is 3.27. The van der Waals surface area contributed by atoms with Gasteiger partial charge in [-0.05, 0) is 31.0 Å². The van der Waals surface area contributed by atoms with Crippen LogP contribution in [0.25, 0.3) is 20.8 Å². The van der Waals surface area contributed by atoms with Crippen LogP contribution in [0.1, 0.15) is 12.8 Å². The number of anilines is 2. The summed E-state index contributed by atoms with van der Waals surface area (Å²) in [5.74, 6) is 0.639. The molecule has 0 atom stereocenters. The second kappa shape index (κ2) is 6.96. The van der Waals surface area contributed by atoms with Gasteiger partial charge in [0.15, 0.2) is 5.82 Å². The van der Waals surface area contributed by atoms with Gasteiger partial charge in [-0.3, -0.25) is 4.79 Å². The molecule has 1 amide bonds. The number of fused-ring (bicyclic) bond motifs is 1. The molecule has 130 valence electrons. The number of thiazole rings is 1. The summed E-state index contributed by atoms with van der Waals surface area (Å²) in [6, 6.07) is 5.08. The van der Waals surface area contributed by atoms with E-state index in [9.17, 15) is 4.79 Å². The molecule has 0 radical (unpaired) electrons.